The Morgan fingerprint density at radius 2 is 1.70 bits per heavy atom. The molecule has 25 nitrogen and oxygen atoms in total. The Morgan fingerprint density at radius 3 is 2.31 bits per heavy atom. The Hall–Kier alpha value is -7.71. The van der Waals surface area contributed by atoms with Gasteiger partial charge in [-0.15, -0.1) is 0 Å². The molecule has 0 saturated carbocycles. The van der Waals surface area contributed by atoms with Gasteiger partial charge in [-0.2, -0.15) is 0 Å². The molecule has 3 heterocycles. The number of benzene rings is 2. The van der Waals surface area contributed by atoms with Crippen molar-refractivity contribution in [1.82, 2.24) is 51.7 Å². The van der Waals surface area contributed by atoms with Crippen LogP contribution in [-0.4, -0.2) is 145 Å². The largest absolute Gasteiger partial charge is 0.380 e. The molecule has 2 aromatic heterocycles. The highest BCUT2D eigenvalue weighted by atomic mass is 31.2. The lowest BCUT2D eigenvalue weighted by molar-refractivity contribution is -0.139. The smallest absolute Gasteiger partial charge is 0.328 e. The molecule has 2 aliphatic rings. The van der Waals surface area contributed by atoms with Crippen molar-refractivity contribution in [3.63, 3.8) is 0 Å². The average Bonchev–Trinajstić information content (AvgIpc) is 4.04. The lowest BCUT2D eigenvalue weighted by Crippen LogP contribution is -2.51. The molecule has 0 bridgehead atoms. The van der Waals surface area contributed by atoms with E-state index in [2.05, 4.69) is 41.7 Å². The second kappa shape index (κ2) is 33.0. The normalized spacial score (nSPS) is 13.4. The number of halogens is 1. The van der Waals surface area contributed by atoms with Gasteiger partial charge >= 0.3 is 8.60 Å². The first-order valence-electron chi connectivity index (χ1n) is 25.3. The number of aryl methyl sites for hydroxylation is 1. The van der Waals surface area contributed by atoms with Crippen molar-refractivity contribution in [3.8, 4) is 11.4 Å². The van der Waals surface area contributed by atoms with Gasteiger partial charge in [0.1, 0.15) is 44.8 Å². The molecule has 9 N–H and O–H groups in total. The van der Waals surface area contributed by atoms with Gasteiger partial charge in [-0.1, -0.05) is 43.3 Å². The van der Waals surface area contributed by atoms with Crippen LogP contribution in [0.2, 0.25) is 0 Å². The minimum Gasteiger partial charge on any atom is -0.380 e. The first-order valence-corrected chi connectivity index (χ1v) is 26.5. The molecule has 1 aliphatic heterocycles. The lowest BCUT2D eigenvalue weighted by atomic mass is 9.81. The zero-order valence-electron chi connectivity index (χ0n) is 45.2. The minimum absolute atomic E-state index is 0.0108. The minimum atomic E-state index is -2.17. The molecule has 3 atom stereocenters. The van der Waals surface area contributed by atoms with E-state index in [9.17, 15) is 47.9 Å². The number of rotatable bonds is 27. The van der Waals surface area contributed by atoms with E-state index >= 15 is 4.39 Å². The molecule has 2 unspecified atom stereocenters. The Labute approximate surface area is 461 Å². The summed E-state index contributed by atoms with van der Waals surface area (Å²) in [7, 11) is 0.961. The van der Waals surface area contributed by atoms with Gasteiger partial charge in [0.05, 0.1) is 49.2 Å². The number of carbonyl (C=O) groups is 9. The molecular weight excluding hydrogens is 1070 g/mol. The molecule has 4 aromatic rings. The van der Waals surface area contributed by atoms with Crippen LogP contribution in [0.4, 0.5) is 4.39 Å². The molecule has 0 radical (unpaired) electrons. The van der Waals surface area contributed by atoms with Gasteiger partial charge in [0.25, 0.3) is 11.5 Å². The fourth-order valence-corrected chi connectivity index (χ4v) is 9.00. The molecule has 432 valence electrons. The molecule has 80 heavy (non-hydrogen) atoms. The van der Waals surface area contributed by atoms with Crippen LogP contribution >= 0.6 is 8.60 Å². The number of hydrogen-bond donors (Lipinski definition) is 9. The van der Waals surface area contributed by atoms with Crippen molar-refractivity contribution in [2.45, 2.75) is 84.5 Å². The SMILES string of the molecule is C/C=C\C(=O)N(C=O)CC(=O)NCC.CC[C@@H](C=O)c1cc2n(c(=O)c1COC)Cc1c-2nc2cc(F)c(C)c3c2c1C(NC(=O)COCNC(=O)CNC(=O)C(Cc1ccccc1)NC(=O)CNC=O)CC3.CNCOP(O)O. The Kier molecular flexibility index (Phi) is 26.7. The zero-order chi connectivity index (χ0) is 58.9. The molecular formula is C53H68FN10O15P. The molecule has 1 aliphatic carbocycles. The van der Waals surface area contributed by atoms with Gasteiger partial charge in [0, 0.05) is 48.6 Å². The number of allylic oxidation sites excluding steroid dienone is 1. The third-order valence-electron chi connectivity index (χ3n) is 12.4. The van der Waals surface area contributed by atoms with Gasteiger partial charge in [0.15, 0.2) is 0 Å². The quantitative estimate of drug-likeness (QED) is 0.0114. The van der Waals surface area contributed by atoms with Crippen LogP contribution in [0.5, 0.6) is 0 Å². The summed E-state index contributed by atoms with van der Waals surface area (Å²) in [6.45, 7) is 6.01. The maximum Gasteiger partial charge on any atom is 0.328 e. The molecule has 8 amide bonds. The van der Waals surface area contributed by atoms with Crippen molar-refractivity contribution in [3.05, 3.63) is 110 Å². The summed E-state index contributed by atoms with van der Waals surface area (Å²) >= 11 is 0. The van der Waals surface area contributed by atoms with Crippen molar-refractivity contribution < 1.29 is 71.3 Å². The van der Waals surface area contributed by atoms with E-state index in [1.807, 2.05) is 13.0 Å². The molecule has 27 heteroatoms. The third-order valence-corrected chi connectivity index (χ3v) is 12.8. The Balaban J connectivity index is 0.000000552. The number of nitrogens with zero attached hydrogens (tertiary/aromatic N) is 3. The number of imide groups is 1. The number of pyridine rings is 2. The highest BCUT2D eigenvalue weighted by molar-refractivity contribution is 7.39. The zero-order valence-corrected chi connectivity index (χ0v) is 46.1. The number of hydrogen-bond acceptors (Lipinski definition) is 17. The van der Waals surface area contributed by atoms with Crippen LogP contribution < -0.4 is 42.8 Å². The fourth-order valence-electron chi connectivity index (χ4n) is 8.76. The fraction of sp³-hybridized carbons (Fsp3) is 0.415. The Bertz CT molecular complexity index is 2940. The second-order valence-electron chi connectivity index (χ2n) is 17.8. The van der Waals surface area contributed by atoms with Crippen LogP contribution in [0.25, 0.3) is 22.3 Å². The summed E-state index contributed by atoms with van der Waals surface area (Å²) in [5.41, 5.74) is 5.44. The number of carbonyl (C=O) groups excluding carboxylic acids is 9. The monoisotopic (exact) mass is 1130 g/mol. The summed E-state index contributed by atoms with van der Waals surface area (Å²) in [5, 5.41) is 18.6. The van der Waals surface area contributed by atoms with Crippen LogP contribution in [0, 0.1) is 12.7 Å². The highest BCUT2D eigenvalue weighted by Crippen LogP contribution is 2.45. The van der Waals surface area contributed by atoms with Crippen molar-refractivity contribution in [1.29, 1.82) is 0 Å². The van der Waals surface area contributed by atoms with Gasteiger partial charge in [-0.3, -0.25) is 57.9 Å². The summed E-state index contributed by atoms with van der Waals surface area (Å²) < 4.78 is 31.9. The van der Waals surface area contributed by atoms with E-state index in [0.29, 0.717) is 77.8 Å². The van der Waals surface area contributed by atoms with E-state index in [1.165, 1.54) is 25.3 Å². The maximum absolute atomic E-state index is 15.3. The van der Waals surface area contributed by atoms with Crippen LogP contribution in [-0.2, 0) is 83.1 Å². The molecule has 2 aromatic carbocycles. The van der Waals surface area contributed by atoms with Crippen molar-refractivity contribution in [2.24, 2.45) is 0 Å². The standard InChI is InChI=1S/C42H46FN7O9.C9H14N2O3.C2H8NO3P/c1-4-25(18-51)27-13-34-40-28(17-50(34)42(57)29(27)19-58-3)39-31(11-10-26-23(2)30(43)14-32(49-40)38(26)39)47-37(55)20-59-22-46-35(53)16-45-41(56)33(48-36(54)15-44-21-52)12-24-8-6-5-7-9-24;1-3-5-9(14)11(7-12)6-8(13)10-4-2;1-3-2-6-7(4)5/h5-9,13-14,18,21,25,31,33H,4,10-12,15-17,19-20,22H2,1-3H3,(H,44,52)(H,45,56)(H,46,53)(H,47,55)(H,48,54);3,5,7H,4,6H2,1-2H3,(H,10,13);3-5H,2H2,1H3/b;5-3-;/t25-,31?,33?;;/m0../s1. The van der Waals surface area contributed by atoms with Crippen molar-refractivity contribution in [2.75, 3.05) is 60.4 Å². The first-order chi connectivity index (χ1) is 38.4. The van der Waals surface area contributed by atoms with E-state index in [-0.39, 0.29) is 57.6 Å². The van der Waals surface area contributed by atoms with E-state index in [1.54, 1.807) is 62.7 Å². The number of fused-ring (bicyclic) bond motifs is 4. The number of likely N-dealkylation sites (N-methyl/N-ethyl adjacent to an activating group) is 1. The maximum atomic E-state index is 15.3. The van der Waals surface area contributed by atoms with Gasteiger partial charge in [-0.25, -0.2) is 9.37 Å². The number of methoxy groups -OCH3 is 1. The highest BCUT2D eigenvalue weighted by Gasteiger charge is 2.36. The number of amides is 8. The van der Waals surface area contributed by atoms with Gasteiger partial charge in [0.2, 0.25) is 42.4 Å². The summed E-state index contributed by atoms with van der Waals surface area (Å²) in [6.07, 6.45) is 5.75. The van der Waals surface area contributed by atoms with Crippen LogP contribution in [0.15, 0.2) is 59.4 Å². The molecule has 0 fully saturated rings. The number of aldehydes is 1. The topological polar surface area (TPSA) is 344 Å². The predicted octanol–water partition coefficient (Wildman–Crippen LogP) is 0.570. The summed E-state index contributed by atoms with van der Waals surface area (Å²) in [4.78, 5) is 142. The number of nitrogens with one attached hydrogen (secondary N) is 7. The van der Waals surface area contributed by atoms with Crippen molar-refractivity contribution >= 4 is 74.1 Å². The number of ether oxygens (including phenoxy) is 2. The molecule has 0 saturated heterocycles. The summed E-state index contributed by atoms with van der Waals surface area (Å²) in [5.74, 6) is -4.11. The lowest BCUT2D eigenvalue weighted by Gasteiger charge is -2.29. The van der Waals surface area contributed by atoms with E-state index < -0.39 is 75.1 Å². The third kappa shape index (κ3) is 18.2. The first kappa shape index (κ1) is 64.8. The van der Waals surface area contributed by atoms with Crippen LogP contribution in [0.1, 0.15) is 84.5 Å². The van der Waals surface area contributed by atoms with Gasteiger partial charge in [-0.05, 0) is 87.0 Å². The number of aromatic nitrogens is 2. The Morgan fingerprint density at radius 1 is 0.963 bits per heavy atom. The second-order valence-corrected chi connectivity index (χ2v) is 18.6. The summed E-state index contributed by atoms with van der Waals surface area (Å²) in [6, 6.07) is 10.5. The predicted molar refractivity (Wildman–Crippen MR) is 290 cm³/mol. The average molecular weight is 1140 g/mol. The molecule has 6 rings (SSSR count). The van der Waals surface area contributed by atoms with Gasteiger partial charge < -0.3 is 60.5 Å². The van der Waals surface area contributed by atoms with E-state index in [0.717, 1.165) is 33.3 Å². The molecule has 0 spiro atoms. The van der Waals surface area contributed by atoms with E-state index in [4.69, 9.17) is 24.2 Å². The van der Waals surface area contributed by atoms with Crippen LogP contribution in [0.3, 0.4) is 0 Å².